The third-order valence-corrected chi connectivity index (χ3v) is 4.69. The van der Waals surface area contributed by atoms with Crippen molar-refractivity contribution >= 4 is 15.7 Å². The van der Waals surface area contributed by atoms with E-state index in [9.17, 15) is 12.8 Å². The van der Waals surface area contributed by atoms with Crippen LogP contribution in [0.1, 0.15) is 18.4 Å². The number of nitrogens with one attached hydrogen (secondary N) is 1. The van der Waals surface area contributed by atoms with Crippen molar-refractivity contribution in [2.45, 2.75) is 36.8 Å². The van der Waals surface area contributed by atoms with Crippen LogP contribution in [-0.4, -0.2) is 25.7 Å². The number of nitrogen functional groups attached to an aromatic ring is 1. The Bertz CT molecular complexity index is 568. The number of benzene rings is 1. The molecule has 2 rings (SSSR count). The van der Waals surface area contributed by atoms with Gasteiger partial charge in [-0.1, -0.05) is 0 Å². The van der Waals surface area contributed by atoms with Crippen molar-refractivity contribution in [1.82, 2.24) is 4.72 Å². The lowest BCUT2D eigenvalue weighted by Crippen LogP contribution is -2.46. The van der Waals surface area contributed by atoms with Crippen LogP contribution in [0.5, 0.6) is 0 Å². The number of anilines is 1. The summed E-state index contributed by atoms with van der Waals surface area (Å²) in [6.45, 7) is 1.39. The van der Waals surface area contributed by atoms with Crippen LogP contribution in [0.4, 0.5) is 10.1 Å². The molecule has 0 aliphatic heterocycles. The van der Waals surface area contributed by atoms with Crippen molar-refractivity contribution in [2.24, 2.45) is 0 Å². The largest absolute Gasteiger partial charge is 0.399 e. The quantitative estimate of drug-likeness (QED) is 0.701. The molecule has 7 heteroatoms. The van der Waals surface area contributed by atoms with E-state index in [1.54, 1.807) is 0 Å². The highest BCUT2D eigenvalue weighted by Gasteiger charge is 2.32. The fourth-order valence-electron chi connectivity index (χ4n) is 1.92. The number of nitrogens with two attached hydrogens (primary N) is 1. The summed E-state index contributed by atoms with van der Waals surface area (Å²) in [6, 6.07) is 2.02. The molecule has 4 N–H and O–H groups in total. The molecule has 0 saturated heterocycles. The Morgan fingerprint density at radius 2 is 2.06 bits per heavy atom. The van der Waals surface area contributed by atoms with Crippen LogP contribution in [0.25, 0.3) is 0 Å². The summed E-state index contributed by atoms with van der Waals surface area (Å²) in [4.78, 5) is -0.151. The molecule has 1 saturated carbocycles. The number of hydrogen-bond acceptors (Lipinski definition) is 4. The summed E-state index contributed by atoms with van der Waals surface area (Å²) in [6.07, 6.45) is 0.294. The Balaban J connectivity index is 2.29. The first-order chi connectivity index (χ1) is 8.29. The maximum absolute atomic E-state index is 13.5. The molecular formula is C11H15FN2O3S. The minimum Gasteiger partial charge on any atom is -0.399 e. The number of sulfonamides is 1. The molecule has 1 aliphatic carbocycles. The van der Waals surface area contributed by atoms with E-state index in [2.05, 4.69) is 4.72 Å². The second-order valence-electron chi connectivity index (χ2n) is 4.57. The van der Waals surface area contributed by atoms with Crippen LogP contribution in [-0.2, 0) is 10.0 Å². The molecule has 0 spiro atoms. The molecular weight excluding hydrogens is 259 g/mol. The molecule has 0 radical (unpaired) electrons. The van der Waals surface area contributed by atoms with Crippen LogP contribution in [0.2, 0.25) is 0 Å². The van der Waals surface area contributed by atoms with E-state index in [0.29, 0.717) is 12.8 Å². The Morgan fingerprint density at radius 1 is 1.44 bits per heavy atom. The molecule has 0 aromatic heterocycles. The molecule has 1 aliphatic rings. The van der Waals surface area contributed by atoms with Crippen molar-refractivity contribution in [1.29, 1.82) is 0 Å². The summed E-state index contributed by atoms with van der Waals surface area (Å²) < 4.78 is 40.0. The summed E-state index contributed by atoms with van der Waals surface area (Å²) in [5.41, 5.74) is 5.55. The van der Waals surface area contributed by atoms with E-state index in [-0.39, 0.29) is 22.2 Å². The zero-order chi connectivity index (χ0) is 13.5. The Labute approximate surface area is 105 Å². The van der Waals surface area contributed by atoms with Crippen LogP contribution >= 0.6 is 0 Å². The van der Waals surface area contributed by atoms with Crippen LogP contribution < -0.4 is 10.5 Å². The van der Waals surface area contributed by atoms with Gasteiger partial charge in [0.25, 0.3) is 0 Å². The van der Waals surface area contributed by atoms with Gasteiger partial charge in [-0.2, -0.15) is 0 Å². The highest BCUT2D eigenvalue weighted by Crippen LogP contribution is 2.25. The van der Waals surface area contributed by atoms with Gasteiger partial charge in [0.05, 0.1) is 11.0 Å². The third kappa shape index (κ3) is 2.47. The molecule has 100 valence electrons. The van der Waals surface area contributed by atoms with E-state index in [1.165, 1.54) is 13.0 Å². The predicted octanol–water partition coefficient (Wildman–Crippen LogP) is 0.518. The number of aliphatic hydroxyl groups is 1. The zero-order valence-electron chi connectivity index (χ0n) is 9.85. The second-order valence-corrected chi connectivity index (χ2v) is 6.25. The first-order valence-electron chi connectivity index (χ1n) is 5.55. The van der Waals surface area contributed by atoms with E-state index < -0.39 is 21.9 Å². The smallest absolute Gasteiger partial charge is 0.241 e. The molecule has 0 unspecified atom stereocenters. The summed E-state index contributed by atoms with van der Waals surface area (Å²) >= 11 is 0. The molecule has 1 aromatic rings. The van der Waals surface area contributed by atoms with Gasteiger partial charge in [-0.05, 0) is 31.9 Å². The van der Waals surface area contributed by atoms with E-state index in [1.807, 2.05) is 0 Å². The van der Waals surface area contributed by atoms with Gasteiger partial charge in [0, 0.05) is 17.3 Å². The molecule has 1 aromatic carbocycles. The Hall–Kier alpha value is -1.18. The molecule has 0 amide bonds. The van der Waals surface area contributed by atoms with Crippen LogP contribution in [0.3, 0.4) is 0 Å². The van der Waals surface area contributed by atoms with E-state index in [0.717, 1.165) is 6.07 Å². The molecule has 1 fully saturated rings. The normalized spacial score (nSPS) is 23.7. The summed E-state index contributed by atoms with van der Waals surface area (Å²) in [5.74, 6) is -0.649. The first kappa shape index (κ1) is 13.3. The van der Waals surface area contributed by atoms with Gasteiger partial charge in [-0.15, -0.1) is 0 Å². The fourth-order valence-corrected chi connectivity index (χ4v) is 3.47. The number of halogens is 1. The van der Waals surface area contributed by atoms with Gasteiger partial charge < -0.3 is 10.8 Å². The summed E-state index contributed by atoms with van der Waals surface area (Å²) in [5, 5.41) is 9.11. The maximum Gasteiger partial charge on any atom is 0.241 e. The van der Waals surface area contributed by atoms with Crippen molar-refractivity contribution in [3.8, 4) is 0 Å². The Kier molecular flexibility index (Phi) is 3.31. The Morgan fingerprint density at radius 3 is 2.61 bits per heavy atom. The molecule has 18 heavy (non-hydrogen) atoms. The number of rotatable bonds is 3. The highest BCUT2D eigenvalue weighted by molar-refractivity contribution is 7.89. The van der Waals surface area contributed by atoms with Crippen molar-refractivity contribution in [2.75, 3.05) is 5.73 Å². The van der Waals surface area contributed by atoms with Crippen molar-refractivity contribution in [3.63, 3.8) is 0 Å². The van der Waals surface area contributed by atoms with Gasteiger partial charge in [0.1, 0.15) is 5.82 Å². The van der Waals surface area contributed by atoms with Gasteiger partial charge in [-0.3, -0.25) is 0 Å². The number of hydrogen-bond donors (Lipinski definition) is 3. The summed E-state index contributed by atoms with van der Waals surface area (Å²) in [7, 11) is -3.80. The molecule has 0 bridgehead atoms. The van der Waals surface area contributed by atoms with E-state index in [4.69, 9.17) is 10.8 Å². The highest BCUT2D eigenvalue weighted by atomic mass is 32.2. The molecule has 5 nitrogen and oxygen atoms in total. The zero-order valence-corrected chi connectivity index (χ0v) is 10.7. The minimum absolute atomic E-state index is 0.0385. The minimum atomic E-state index is -3.80. The lowest BCUT2D eigenvalue weighted by atomic mass is 9.91. The van der Waals surface area contributed by atoms with Gasteiger partial charge in [0.15, 0.2) is 0 Å². The standard InChI is InChI=1S/C11H15FN2O3S/c1-6-10(12)2-7(13)3-11(6)18(16,17)14-8-4-9(15)5-8/h2-3,8-9,14-15H,4-5,13H2,1H3. The van der Waals surface area contributed by atoms with Crippen LogP contribution in [0, 0.1) is 12.7 Å². The SMILES string of the molecule is Cc1c(F)cc(N)cc1S(=O)(=O)NC1CC(O)C1. The van der Waals surface area contributed by atoms with Crippen molar-refractivity contribution in [3.05, 3.63) is 23.5 Å². The fraction of sp³-hybridized carbons (Fsp3) is 0.455. The monoisotopic (exact) mass is 274 g/mol. The maximum atomic E-state index is 13.5. The average Bonchev–Trinajstić information content (AvgIpc) is 2.20. The average molecular weight is 274 g/mol. The third-order valence-electron chi connectivity index (χ3n) is 3.04. The second kappa shape index (κ2) is 4.49. The van der Waals surface area contributed by atoms with Gasteiger partial charge >= 0.3 is 0 Å². The topological polar surface area (TPSA) is 92.4 Å². The van der Waals surface area contributed by atoms with E-state index >= 15 is 0 Å². The predicted molar refractivity (Wildman–Crippen MR) is 64.9 cm³/mol. The first-order valence-corrected chi connectivity index (χ1v) is 7.04. The lowest BCUT2D eigenvalue weighted by Gasteiger charge is -2.31. The van der Waals surface area contributed by atoms with Crippen molar-refractivity contribution < 1.29 is 17.9 Å². The molecule has 0 heterocycles. The molecule has 0 atom stereocenters. The lowest BCUT2D eigenvalue weighted by molar-refractivity contribution is 0.0712. The van der Waals surface area contributed by atoms with Crippen LogP contribution in [0.15, 0.2) is 17.0 Å². The number of aliphatic hydroxyl groups excluding tert-OH is 1. The van der Waals surface area contributed by atoms with Gasteiger partial charge in [-0.25, -0.2) is 17.5 Å². The van der Waals surface area contributed by atoms with Gasteiger partial charge in [0.2, 0.25) is 10.0 Å².